The maximum absolute atomic E-state index is 5.25. The number of nitrogens with zero attached hydrogens (tertiary/aromatic N) is 1. The van der Waals surface area contributed by atoms with Crippen LogP contribution < -0.4 is 10.1 Å². The highest BCUT2D eigenvalue weighted by Gasteiger charge is 2.03. The van der Waals surface area contributed by atoms with Crippen LogP contribution in [0.25, 0.3) is 10.9 Å². The predicted molar refractivity (Wildman–Crippen MR) is 84.1 cm³/mol. The van der Waals surface area contributed by atoms with Gasteiger partial charge in [0.05, 0.1) is 18.8 Å². The van der Waals surface area contributed by atoms with Crippen LogP contribution in [0, 0.1) is 0 Å². The Morgan fingerprint density at radius 2 is 2.15 bits per heavy atom. The summed E-state index contributed by atoms with van der Waals surface area (Å²) in [6.45, 7) is 0.723. The van der Waals surface area contributed by atoms with Crippen LogP contribution >= 0.6 is 15.9 Å². The zero-order chi connectivity index (χ0) is 13.9. The molecule has 0 atom stereocenters. The van der Waals surface area contributed by atoms with Gasteiger partial charge in [-0.2, -0.15) is 5.10 Å². The van der Waals surface area contributed by atoms with E-state index >= 15 is 0 Å². The molecule has 0 spiro atoms. The van der Waals surface area contributed by atoms with Gasteiger partial charge in [-0.3, -0.25) is 5.10 Å². The van der Waals surface area contributed by atoms with E-state index in [9.17, 15) is 0 Å². The van der Waals surface area contributed by atoms with Gasteiger partial charge in [0.1, 0.15) is 5.75 Å². The van der Waals surface area contributed by atoms with E-state index in [0.29, 0.717) is 0 Å². The van der Waals surface area contributed by atoms with Crippen molar-refractivity contribution in [2.24, 2.45) is 0 Å². The summed E-state index contributed by atoms with van der Waals surface area (Å²) in [7, 11) is 1.67. The lowest BCUT2D eigenvalue weighted by Crippen LogP contribution is -2.00. The van der Waals surface area contributed by atoms with Gasteiger partial charge in [0.2, 0.25) is 0 Å². The monoisotopic (exact) mass is 331 g/mol. The Kier molecular flexibility index (Phi) is 3.60. The molecule has 5 heteroatoms. The van der Waals surface area contributed by atoms with Crippen molar-refractivity contribution in [1.29, 1.82) is 0 Å². The van der Waals surface area contributed by atoms with Gasteiger partial charge in [0.25, 0.3) is 0 Å². The molecule has 2 N–H and O–H groups in total. The summed E-state index contributed by atoms with van der Waals surface area (Å²) in [6.07, 6.45) is 1.82. The highest BCUT2D eigenvalue weighted by Crippen LogP contribution is 2.24. The van der Waals surface area contributed by atoms with Crippen molar-refractivity contribution in [2.75, 3.05) is 12.4 Å². The van der Waals surface area contributed by atoms with Gasteiger partial charge in [-0.25, -0.2) is 0 Å². The second-order valence-corrected chi connectivity index (χ2v) is 5.34. The van der Waals surface area contributed by atoms with E-state index in [1.54, 1.807) is 7.11 Å². The van der Waals surface area contributed by atoms with Crippen LogP contribution in [-0.2, 0) is 6.54 Å². The summed E-state index contributed by atoms with van der Waals surface area (Å²) in [5, 5.41) is 11.5. The average molecular weight is 332 g/mol. The van der Waals surface area contributed by atoms with E-state index in [2.05, 4.69) is 37.5 Å². The zero-order valence-electron chi connectivity index (χ0n) is 11.0. The Bertz CT molecular complexity index is 739. The SMILES string of the molecule is COc1ccc(Br)c(CNc2ccc3[nH]ncc3c2)c1. The lowest BCUT2D eigenvalue weighted by Gasteiger charge is -2.10. The van der Waals surface area contributed by atoms with Crippen molar-refractivity contribution in [3.8, 4) is 5.75 Å². The number of ether oxygens (including phenoxy) is 1. The summed E-state index contributed by atoms with van der Waals surface area (Å²) in [4.78, 5) is 0. The van der Waals surface area contributed by atoms with Crippen molar-refractivity contribution < 1.29 is 4.74 Å². The first kappa shape index (κ1) is 13.0. The molecule has 102 valence electrons. The minimum Gasteiger partial charge on any atom is -0.497 e. The summed E-state index contributed by atoms with van der Waals surface area (Å²) >= 11 is 3.56. The van der Waals surface area contributed by atoms with E-state index in [0.717, 1.165) is 38.9 Å². The molecule has 4 nitrogen and oxygen atoms in total. The Hall–Kier alpha value is -2.01. The van der Waals surface area contributed by atoms with Crippen molar-refractivity contribution in [2.45, 2.75) is 6.54 Å². The fourth-order valence-corrected chi connectivity index (χ4v) is 2.45. The van der Waals surface area contributed by atoms with Gasteiger partial charge in [-0.05, 0) is 42.0 Å². The number of benzene rings is 2. The largest absolute Gasteiger partial charge is 0.497 e. The van der Waals surface area contributed by atoms with E-state index in [1.807, 2.05) is 36.5 Å². The number of fused-ring (bicyclic) bond motifs is 1. The first-order valence-corrected chi connectivity index (χ1v) is 7.05. The molecule has 3 aromatic rings. The third kappa shape index (κ3) is 2.63. The normalized spacial score (nSPS) is 10.7. The number of hydrogen-bond acceptors (Lipinski definition) is 3. The Labute approximate surface area is 125 Å². The molecule has 2 aromatic carbocycles. The van der Waals surface area contributed by atoms with Gasteiger partial charge in [-0.15, -0.1) is 0 Å². The van der Waals surface area contributed by atoms with Gasteiger partial charge < -0.3 is 10.1 Å². The maximum Gasteiger partial charge on any atom is 0.119 e. The summed E-state index contributed by atoms with van der Waals surface area (Å²) < 4.78 is 6.31. The third-order valence-corrected chi connectivity index (χ3v) is 3.95. The van der Waals surface area contributed by atoms with E-state index in [-0.39, 0.29) is 0 Å². The third-order valence-electron chi connectivity index (χ3n) is 3.18. The summed E-state index contributed by atoms with van der Waals surface area (Å²) in [5.41, 5.74) is 3.25. The molecule has 0 bridgehead atoms. The van der Waals surface area contributed by atoms with Crippen molar-refractivity contribution in [1.82, 2.24) is 10.2 Å². The van der Waals surface area contributed by atoms with Gasteiger partial charge in [0, 0.05) is 22.1 Å². The number of methoxy groups -OCH3 is 1. The number of aromatic amines is 1. The molecule has 1 heterocycles. The van der Waals surface area contributed by atoms with Crippen LogP contribution in [0.5, 0.6) is 5.75 Å². The van der Waals surface area contributed by atoms with Crippen LogP contribution in [0.15, 0.2) is 47.1 Å². The molecule has 1 aromatic heterocycles. The van der Waals surface area contributed by atoms with Crippen molar-refractivity contribution in [3.05, 3.63) is 52.6 Å². The topological polar surface area (TPSA) is 49.9 Å². The lowest BCUT2D eigenvalue weighted by atomic mass is 10.2. The molecule has 0 saturated carbocycles. The number of anilines is 1. The van der Waals surface area contributed by atoms with Crippen LogP contribution in [-0.4, -0.2) is 17.3 Å². The van der Waals surface area contributed by atoms with E-state index in [4.69, 9.17) is 4.74 Å². The van der Waals surface area contributed by atoms with Gasteiger partial charge >= 0.3 is 0 Å². The van der Waals surface area contributed by atoms with Gasteiger partial charge in [-0.1, -0.05) is 15.9 Å². The molecule has 3 rings (SSSR count). The number of halogens is 1. The van der Waals surface area contributed by atoms with Crippen molar-refractivity contribution >= 4 is 32.5 Å². The molecule has 0 saturated heterocycles. The van der Waals surface area contributed by atoms with E-state index < -0.39 is 0 Å². The van der Waals surface area contributed by atoms with Crippen LogP contribution in [0.2, 0.25) is 0 Å². The van der Waals surface area contributed by atoms with Crippen LogP contribution in [0.3, 0.4) is 0 Å². The quantitative estimate of drug-likeness (QED) is 0.761. The Balaban J connectivity index is 1.78. The first-order valence-electron chi connectivity index (χ1n) is 6.26. The molecule has 0 aliphatic carbocycles. The number of rotatable bonds is 4. The zero-order valence-corrected chi connectivity index (χ0v) is 12.6. The standard InChI is InChI=1S/C15H14BrN3O/c1-20-13-3-4-14(16)10(7-13)8-17-12-2-5-15-11(6-12)9-18-19-15/h2-7,9,17H,8H2,1H3,(H,18,19). The number of H-pyrrole nitrogens is 1. The molecule has 0 unspecified atom stereocenters. The highest BCUT2D eigenvalue weighted by atomic mass is 79.9. The molecule has 0 amide bonds. The maximum atomic E-state index is 5.25. The van der Waals surface area contributed by atoms with Crippen molar-refractivity contribution in [3.63, 3.8) is 0 Å². The number of aromatic nitrogens is 2. The molecule has 0 aliphatic heterocycles. The highest BCUT2D eigenvalue weighted by molar-refractivity contribution is 9.10. The fourth-order valence-electron chi connectivity index (χ4n) is 2.06. The minimum absolute atomic E-state index is 0.723. The molecular weight excluding hydrogens is 318 g/mol. The second-order valence-electron chi connectivity index (χ2n) is 4.48. The summed E-state index contributed by atoms with van der Waals surface area (Å²) in [5.74, 6) is 0.857. The molecule has 0 aliphatic rings. The predicted octanol–water partition coefficient (Wildman–Crippen LogP) is 3.95. The molecular formula is C15H14BrN3O. The molecule has 0 radical (unpaired) electrons. The Morgan fingerprint density at radius 1 is 1.25 bits per heavy atom. The van der Waals surface area contributed by atoms with E-state index in [1.165, 1.54) is 0 Å². The van der Waals surface area contributed by atoms with Crippen LogP contribution in [0.1, 0.15) is 5.56 Å². The van der Waals surface area contributed by atoms with Gasteiger partial charge in [0.15, 0.2) is 0 Å². The van der Waals surface area contributed by atoms with Crippen LogP contribution in [0.4, 0.5) is 5.69 Å². The summed E-state index contributed by atoms with van der Waals surface area (Å²) in [6, 6.07) is 12.1. The minimum atomic E-state index is 0.723. The average Bonchev–Trinajstić information content (AvgIpc) is 2.94. The fraction of sp³-hybridized carbons (Fsp3) is 0.133. The number of hydrogen-bond donors (Lipinski definition) is 2. The lowest BCUT2D eigenvalue weighted by molar-refractivity contribution is 0.414. The Morgan fingerprint density at radius 3 is 3.00 bits per heavy atom. The smallest absolute Gasteiger partial charge is 0.119 e. The molecule has 20 heavy (non-hydrogen) atoms. The first-order chi connectivity index (χ1) is 9.76. The molecule has 0 fully saturated rings. The second kappa shape index (κ2) is 5.54. The number of nitrogens with one attached hydrogen (secondary N) is 2.